The molecule has 0 radical (unpaired) electrons. The van der Waals surface area contributed by atoms with E-state index >= 15 is 0 Å². The number of anilines is 2. The molecule has 0 atom stereocenters. The highest BCUT2D eigenvalue weighted by Gasteiger charge is 2.18. The maximum Gasteiger partial charge on any atom is 0.240 e. The highest BCUT2D eigenvalue weighted by atomic mass is 16.5. The van der Waals surface area contributed by atoms with Crippen molar-refractivity contribution in [2.45, 2.75) is 12.8 Å². The molecule has 3 rings (SSSR count). The predicted molar refractivity (Wildman–Crippen MR) is 131 cm³/mol. The number of rotatable bonds is 10. The van der Waals surface area contributed by atoms with Gasteiger partial charge in [0.25, 0.3) is 0 Å². The van der Waals surface area contributed by atoms with Crippen LogP contribution >= 0.6 is 0 Å². The Morgan fingerprint density at radius 2 is 1.35 bits per heavy atom. The highest BCUT2D eigenvalue weighted by molar-refractivity contribution is 6.01. The summed E-state index contributed by atoms with van der Waals surface area (Å²) in [4.78, 5) is 26.9. The van der Waals surface area contributed by atoms with Crippen molar-refractivity contribution in [1.82, 2.24) is 5.43 Å². The molecule has 1 N–H and O–H groups in total. The molecule has 0 aromatic heterocycles. The summed E-state index contributed by atoms with van der Waals surface area (Å²) >= 11 is 0. The lowest BCUT2D eigenvalue weighted by molar-refractivity contribution is -0.124. The molecule has 0 bridgehead atoms. The molecule has 8 heteroatoms. The van der Waals surface area contributed by atoms with E-state index in [-0.39, 0.29) is 24.7 Å². The summed E-state index contributed by atoms with van der Waals surface area (Å²) in [7, 11) is 4.56. The van der Waals surface area contributed by atoms with Gasteiger partial charge in [0, 0.05) is 29.8 Å². The smallest absolute Gasteiger partial charge is 0.240 e. The van der Waals surface area contributed by atoms with Gasteiger partial charge in [0.05, 0.1) is 27.5 Å². The third-order valence-corrected chi connectivity index (χ3v) is 4.93. The summed E-state index contributed by atoms with van der Waals surface area (Å²) in [6.45, 7) is 0. The van der Waals surface area contributed by atoms with Gasteiger partial charge in [-0.25, -0.2) is 5.43 Å². The number of methoxy groups -OCH3 is 3. The molecule has 0 aliphatic carbocycles. The van der Waals surface area contributed by atoms with Crippen molar-refractivity contribution < 1.29 is 23.8 Å². The van der Waals surface area contributed by atoms with E-state index in [0.717, 1.165) is 11.4 Å². The van der Waals surface area contributed by atoms with Gasteiger partial charge in [-0.1, -0.05) is 36.4 Å². The Morgan fingerprint density at radius 3 is 1.82 bits per heavy atom. The number of para-hydroxylation sites is 2. The lowest BCUT2D eigenvalue weighted by atomic mass is 10.2. The molecule has 0 saturated carbocycles. The first-order chi connectivity index (χ1) is 16.6. The first kappa shape index (κ1) is 24.3. The molecule has 34 heavy (non-hydrogen) atoms. The summed E-state index contributed by atoms with van der Waals surface area (Å²) < 4.78 is 15.9. The van der Waals surface area contributed by atoms with Gasteiger partial charge < -0.3 is 14.2 Å². The third kappa shape index (κ3) is 6.13. The van der Waals surface area contributed by atoms with Crippen LogP contribution in [0.4, 0.5) is 11.4 Å². The minimum absolute atomic E-state index is 0.0123. The van der Waals surface area contributed by atoms with Crippen LogP contribution in [0.5, 0.6) is 17.2 Å². The normalized spacial score (nSPS) is 10.6. The van der Waals surface area contributed by atoms with Crippen LogP contribution in [0.15, 0.2) is 77.9 Å². The number of carbonyl (C=O) groups excluding carboxylic acids is 2. The van der Waals surface area contributed by atoms with Crippen LogP contribution in [0, 0.1) is 0 Å². The van der Waals surface area contributed by atoms with Gasteiger partial charge in [0.2, 0.25) is 17.6 Å². The van der Waals surface area contributed by atoms with Gasteiger partial charge in [-0.3, -0.25) is 14.5 Å². The van der Waals surface area contributed by atoms with Crippen LogP contribution in [0.3, 0.4) is 0 Å². The number of nitrogens with zero attached hydrogens (tertiary/aromatic N) is 2. The van der Waals surface area contributed by atoms with Crippen LogP contribution < -0.4 is 24.5 Å². The SMILES string of the molecule is COc1cc(C=NNC(=O)CCC(=O)N(c2ccccc2)c2ccccc2)cc(OC)c1OC. The molecule has 0 aliphatic heterocycles. The molecule has 0 spiro atoms. The quantitative estimate of drug-likeness (QED) is 0.359. The van der Waals surface area contributed by atoms with Crippen molar-refractivity contribution in [1.29, 1.82) is 0 Å². The Balaban J connectivity index is 1.63. The molecule has 8 nitrogen and oxygen atoms in total. The maximum absolute atomic E-state index is 13.0. The fraction of sp³-hybridized carbons (Fsp3) is 0.192. The molecule has 0 heterocycles. The Bertz CT molecular complexity index is 1070. The van der Waals surface area contributed by atoms with Gasteiger partial charge in [0.1, 0.15) is 0 Å². The lowest BCUT2D eigenvalue weighted by Crippen LogP contribution is -2.27. The molecule has 0 unspecified atom stereocenters. The first-order valence-electron chi connectivity index (χ1n) is 10.6. The Kier molecular flexibility index (Phi) is 8.62. The van der Waals surface area contributed by atoms with E-state index in [2.05, 4.69) is 10.5 Å². The van der Waals surface area contributed by atoms with E-state index in [1.165, 1.54) is 27.5 Å². The van der Waals surface area contributed by atoms with Crippen LogP contribution in [0.1, 0.15) is 18.4 Å². The van der Waals surface area contributed by atoms with Crippen molar-refractivity contribution in [3.63, 3.8) is 0 Å². The van der Waals surface area contributed by atoms with Gasteiger partial charge in [-0.15, -0.1) is 0 Å². The summed E-state index contributed by atoms with van der Waals surface area (Å²) in [6.07, 6.45) is 1.47. The van der Waals surface area contributed by atoms with Crippen molar-refractivity contribution in [3.8, 4) is 17.2 Å². The second-order valence-corrected chi connectivity index (χ2v) is 7.15. The molecule has 2 amide bonds. The molecule has 0 aliphatic rings. The van der Waals surface area contributed by atoms with Gasteiger partial charge in [-0.2, -0.15) is 5.10 Å². The minimum atomic E-state index is -0.377. The van der Waals surface area contributed by atoms with Crippen molar-refractivity contribution in [3.05, 3.63) is 78.4 Å². The monoisotopic (exact) mass is 461 g/mol. The maximum atomic E-state index is 13.0. The second-order valence-electron chi connectivity index (χ2n) is 7.15. The fourth-order valence-electron chi connectivity index (χ4n) is 3.33. The summed E-state index contributed by atoms with van der Waals surface area (Å²) in [5.74, 6) is 0.842. The highest BCUT2D eigenvalue weighted by Crippen LogP contribution is 2.37. The largest absolute Gasteiger partial charge is 0.493 e. The molecule has 0 saturated heterocycles. The number of hydrogen-bond donors (Lipinski definition) is 1. The van der Waals surface area contributed by atoms with Crippen molar-refractivity contribution >= 4 is 29.4 Å². The van der Waals surface area contributed by atoms with E-state index in [9.17, 15) is 9.59 Å². The van der Waals surface area contributed by atoms with Crippen molar-refractivity contribution in [2.24, 2.45) is 5.10 Å². The third-order valence-electron chi connectivity index (χ3n) is 4.93. The molecular weight excluding hydrogens is 434 g/mol. The molecule has 3 aromatic carbocycles. The van der Waals surface area contributed by atoms with Gasteiger partial charge in [0.15, 0.2) is 11.5 Å². The summed E-state index contributed by atoms with van der Waals surface area (Å²) in [5, 5.41) is 3.99. The van der Waals surface area contributed by atoms with Crippen LogP contribution in [-0.2, 0) is 9.59 Å². The molecule has 176 valence electrons. The zero-order chi connectivity index (χ0) is 24.3. The van der Waals surface area contributed by atoms with E-state index < -0.39 is 0 Å². The number of ether oxygens (including phenoxy) is 3. The Morgan fingerprint density at radius 1 is 0.824 bits per heavy atom. The number of amides is 2. The number of benzene rings is 3. The van der Waals surface area contributed by atoms with Crippen molar-refractivity contribution in [2.75, 3.05) is 26.2 Å². The zero-order valence-electron chi connectivity index (χ0n) is 19.4. The number of carbonyl (C=O) groups is 2. The van der Waals surface area contributed by atoms with Crippen LogP contribution in [0.25, 0.3) is 0 Å². The minimum Gasteiger partial charge on any atom is -0.493 e. The number of nitrogens with one attached hydrogen (secondary N) is 1. The first-order valence-corrected chi connectivity index (χ1v) is 10.6. The summed E-state index contributed by atoms with van der Waals surface area (Å²) in [6, 6.07) is 22.1. The molecule has 3 aromatic rings. The van der Waals surface area contributed by atoms with Crippen LogP contribution in [-0.4, -0.2) is 39.4 Å². The standard InChI is InChI=1S/C26H27N3O5/c1-32-22-16-19(17-23(33-2)26(22)34-3)18-27-28-24(30)14-15-25(31)29(20-10-6-4-7-11-20)21-12-8-5-9-13-21/h4-13,16-18H,14-15H2,1-3H3,(H,28,30). The summed E-state index contributed by atoms with van der Waals surface area (Å²) in [5.41, 5.74) is 4.57. The molecule has 0 fully saturated rings. The van der Waals surface area contributed by atoms with E-state index in [1.54, 1.807) is 17.0 Å². The van der Waals surface area contributed by atoms with Crippen LogP contribution in [0.2, 0.25) is 0 Å². The Labute approximate surface area is 198 Å². The van der Waals surface area contributed by atoms with Gasteiger partial charge >= 0.3 is 0 Å². The topological polar surface area (TPSA) is 89.5 Å². The molecular formula is C26H27N3O5. The number of hydrazone groups is 1. The Hall–Kier alpha value is -4.33. The second kappa shape index (κ2) is 12.1. The van der Waals surface area contributed by atoms with E-state index in [0.29, 0.717) is 22.8 Å². The van der Waals surface area contributed by atoms with E-state index in [1.807, 2.05) is 60.7 Å². The predicted octanol–water partition coefficient (Wildman–Crippen LogP) is 4.31. The zero-order valence-corrected chi connectivity index (χ0v) is 19.4. The average molecular weight is 462 g/mol. The average Bonchev–Trinajstić information content (AvgIpc) is 2.88. The fourth-order valence-corrected chi connectivity index (χ4v) is 3.33. The number of hydrogen-bond acceptors (Lipinski definition) is 6. The lowest BCUT2D eigenvalue weighted by Gasteiger charge is -2.23. The van der Waals surface area contributed by atoms with E-state index in [4.69, 9.17) is 14.2 Å². The van der Waals surface area contributed by atoms with Gasteiger partial charge in [-0.05, 0) is 36.4 Å².